The summed E-state index contributed by atoms with van der Waals surface area (Å²) in [4.78, 5) is 23.2. The molecule has 1 aliphatic heterocycles. The van der Waals surface area contributed by atoms with Crippen molar-refractivity contribution in [2.24, 2.45) is 11.3 Å². The molecule has 0 amide bonds. The molecule has 1 aromatic heterocycles. The predicted molar refractivity (Wildman–Crippen MR) is 98.5 cm³/mol. The van der Waals surface area contributed by atoms with Gasteiger partial charge in [-0.05, 0) is 75.4 Å². The third-order valence-corrected chi connectivity index (χ3v) is 7.00. The van der Waals surface area contributed by atoms with Gasteiger partial charge in [0.1, 0.15) is 11.6 Å². The number of carbonyl (C=O) groups is 1. The molecule has 3 fully saturated rings. The summed E-state index contributed by atoms with van der Waals surface area (Å²) in [6, 6.07) is 0.772. The highest BCUT2D eigenvalue weighted by Gasteiger charge is 2.55. The fourth-order valence-electron chi connectivity index (χ4n) is 5.26. The third-order valence-electron chi connectivity index (χ3n) is 7.00. The summed E-state index contributed by atoms with van der Waals surface area (Å²) in [7, 11) is 0. The van der Waals surface area contributed by atoms with E-state index in [2.05, 4.69) is 41.1 Å². The number of ketones is 1. The number of likely N-dealkylation sites (tertiary alicyclic amines) is 1. The van der Waals surface area contributed by atoms with Crippen molar-refractivity contribution in [1.29, 1.82) is 0 Å². The van der Waals surface area contributed by atoms with E-state index < -0.39 is 0 Å². The van der Waals surface area contributed by atoms with Gasteiger partial charge in [0.2, 0.25) is 0 Å². The Morgan fingerprint density at radius 1 is 1.12 bits per heavy atom. The molecule has 0 radical (unpaired) electrons. The van der Waals surface area contributed by atoms with Gasteiger partial charge in [-0.2, -0.15) is 0 Å². The quantitative estimate of drug-likeness (QED) is 0.832. The van der Waals surface area contributed by atoms with Crippen LogP contribution in [0.3, 0.4) is 0 Å². The molecular formula is C21H31N3O. The van der Waals surface area contributed by atoms with Crippen LogP contribution in [0.15, 0.2) is 12.4 Å². The van der Waals surface area contributed by atoms with Gasteiger partial charge in [0, 0.05) is 30.3 Å². The summed E-state index contributed by atoms with van der Waals surface area (Å²) in [5.41, 5.74) is 1.86. The number of Topliss-reactive ketones (excluding diaryl/α,β-unsaturated/α-hetero) is 1. The maximum Gasteiger partial charge on any atom is 0.132 e. The van der Waals surface area contributed by atoms with Crippen LogP contribution in [0.1, 0.15) is 82.5 Å². The topological polar surface area (TPSA) is 46.1 Å². The molecule has 1 aromatic rings. The standard InChI is InChI=1S/C21H31N3O/c1-14(2)20-22-12-18(13-23-20)16-4-6-24(7-5-16)19-10-21(11-19)8-17(9-21)15(3)25/h12-14,16-17,19H,4-11H2,1-3H3. The molecular weight excluding hydrogens is 310 g/mol. The SMILES string of the molecule is CC(=O)C1CC2(C1)CC(N1CCC(c3cnc(C(C)C)nc3)CC1)C2. The van der Waals surface area contributed by atoms with E-state index in [4.69, 9.17) is 0 Å². The van der Waals surface area contributed by atoms with Crippen LogP contribution >= 0.6 is 0 Å². The summed E-state index contributed by atoms with van der Waals surface area (Å²) >= 11 is 0. The van der Waals surface area contributed by atoms with Crippen molar-refractivity contribution in [2.45, 2.75) is 77.2 Å². The van der Waals surface area contributed by atoms with E-state index in [0.29, 0.717) is 29.0 Å². The Morgan fingerprint density at radius 3 is 2.24 bits per heavy atom. The van der Waals surface area contributed by atoms with Gasteiger partial charge in [0.15, 0.2) is 0 Å². The van der Waals surface area contributed by atoms with Crippen molar-refractivity contribution in [3.8, 4) is 0 Å². The Kier molecular flexibility index (Phi) is 4.43. The molecule has 0 N–H and O–H groups in total. The first-order valence-electron chi connectivity index (χ1n) is 10.0. The Balaban J connectivity index is 1.25. The summed E-state index contributed by atoms with van der Waals surface area (Å²) in [6.45, 7) is 8.44. The van der Waals surface area contributed by atoms with Crippen LogP contribution in [-0.4, -0.2) is 39.8 Å². The summed E-state index contributed by atoms with van der Waals surface area (Å²) in [5.74, 6) is 2.75. The van der Waals surface area contributed by atoms with Crippen LogP contribution in [0.5, 0.6) is 0 Å². The van der Waals surface area contributed by atoms with Gasteiger partial charge in [-0.1, -0.05) is 13.8 Å². The first-order valence-corrected chi connectivity index (χ1v) is 10.0. The lowest BCUT2D eigenvalue weighted by molar-refractivity contribution is -0.139. The zero-order chi connectivity index (χ0) is 17.6. The summed E-state index contributed by atoms with van der Waals surface area (Å²) in [5, 5.41) is 0. The minimum Gasteiger partial charge on any atom is -0.300 e. The van der Waals surface area contributed by atoms with Gasteiger partial charge in [0.25, 0.3) is 0 Å². The van der Waals surface area contributed by atoms with E-state index in [1.165, 1.54) is 44.3 Å². The van der Waals surface area contributed by atoms with Crippen LogP contribution in [0.2, 0.25) is 0 Å². The Hall–Kier alpha value is -1.29. The average molecular weight is 341 g/mol. The summed E-state index contributed by atoms with van der Waals surface area (Å²) in [6.07, 6.45) is 11.5. The molecule has 4 nitrogen and oxygen atoms in total. The van der Waals surface area contributed by atoms with E-state index in [1.54, 1.807) is 6.92 Å². The second kappa shape index (κ2) is 6.46. The highest BCUT2D eigenvalue weighted by Crippen LogP contribution is 2.60. The van der Waals surface area contributed by atoms with E-state index in [-0.39, 0.29) is 0 Å². The van der Waals surface area contributed by atoms with Gasteiger partial charge < -0.3 is 4.90 Å². The molecule has 4 rings (SSSR count). The lowest BCUT2D eigenvalue weighted by atomic mass is 9.49. The zero-order valence-electron chi connectivity index (χ0n) is 15.9. The average Bonchev–Trinajstić information content (AvgIpc) is 2.52. The Labute approximate surface area is 151 Å². The number of aromatic nitrogens is 2. The first kappa shape index (κ1) is 17.1. The highest BCUT2D eigenvalue weighted by molar-refractivity contribution is 5.79. The lowest BCUT2D eigenvalue weighted by Crippen LogP contribution is -2.58. The monoisotopic (exact) mass is 341 g/mol. The molecule has 2 aliphatic carbocycles. The predicted octanol–water partition coefficient (Wildman–Crippen LogP) is 3.93. The Bertz CT molecular complexity index is 617. The molecule has 25 heavy (non-hydrogen) atoms. The lowest BCUT2D eigenvalue weighted by Gasteiger charge is -2.60. The van der Waals surface area contributed by atoms with Crippen LogP contribution in [0, 0.1) is 11.3 Å². The van der Waals surface area contributed by atoms with Crippen molar-refractivity contribution < 1.29 is 4.79 Å². The smallest absolute Gasteiger partial charge is 0.132 e. The van der Waals surface area contributed by atoms with E-state index in [1.807, 2.05) is 0 Å². The van der Waals surface area contributed by atoms with Gasteiger partial charge in [-0.3, -0.25) is 4.79 Å². The van der Waals surface area contributed by atoms with Crippen molar-refractivity contribution in [1.82, 2.24) is 14.9 Å². The number of carbonyl (C=O) groups excluding carboxylic acids is 1. The molecule has 3 aliphatic rings. The molecule has 0 atom stereocenters. The van der Waals surface area contributed by atoms with E-state index >= 15 is 0 Å². The molecule has 1 spiro atoms. The fourth-order valence-corrected chi connectivity index (χ4v) is 5.26. The molecule has 4 heteroatoms. The second-order valence-electron chi connectivity index (χ2n) is 9.12. The van der Waals surface area contributed by atoms with Crippen molar-refractivity contribution >= 4 is 5.78 Å². The Morgan fingerprint density at radius 2 is 1.72 bits per heavy atom. The van der Waals surface area contributed by atoms with Crippen molar-refractivity contribution in [3.05, 3.63) is 23.8 Å². The minimum atomic E-state index is 0.375. The van der Waals surface area contributed by atoms with E-state index in [9.17, 15) is 4.79 Å². The number of hydrogen-bond acceptors (Lipinski definition) is 4. The minimum absolute atomic E-state index is 0.375. The maximum atomic E-state index is 11.4. The molecule has 0 unspecified atom stereocenters. The summed E-state index contributed by atoms with van der Waals surface area (Å²) < 4.78 is 0. The largest absolute Gasteiger partial charge is 0.300 e. The number of nitrogens with zero attached hydrogens (tertiary/aromatic N) is 3. The number of piperidine rings is 1. The molecule has 2 saturated carbocycles. The van der Waals surface area contributed by atoms with Crippen LogP contribution < -0.4 is 0 Å². The first-order chi connectivity index (χ1) is 12.0. The number of hydrogen-bond donors (Lipinski definition) is 0. The zero-order valence-corrected chi connectivity index (χ0v) is 15.9. The normalized spacial score (nSPS) is 33.3. The molecule has 2 heterocycles. The number of rotatable bonds is 4. The third kappa shape index (κ3) is 3.25. The maximum absolute atomic E-state index is 11.4. The van der Waals surface area contributed by atoms with Crippen LogP contribution in [0.4, 0.5) is 0 Å². The van der Waals surface area contributed by atoms with E-state index in [0.717, 1.165) is 24.7 Å². The molecule has 0 aromatic carbocycles. The van der Waals surface area contributed by atoms with Gasteiger partial charge in [0.05, 0.1) is 0 Å². The molecule has 136 valence electrons. The van der Waals surface area contributed by atoms with Gasteiger partial charge in [-0.15, -0.1) is 0 Å². The molecule has 1 saturated heterocycles. The van der Waals surface area contributed by atoms with Gasteiger partial charge in [-0.25, -0.2) is 9.97 Å². The second-order valence-corrected chi connectivity index (χ2v) is 9.12. The van der Waals surface area contributed by atoms with Crippen LogP contribution in [0.25, 0.3) is 0 Å². The molecule has 0 bridgehead atoms. The van der Waals surface area contributed by atoms with Crippen LogP contribution in [-0.2, 0) is 4.79 Å². The van der Waals surface area contributed by atoms with Gasteiger partial charge >= 0.3 is 0 Å². The van der Waals surface area contributed by atoms with Crippen molar-refractivity contribution in [3.63, 3.8) is 0 Å². The van der Waals surface area contributed by atoms with Crippen molar-refractivity contribution in [2.75, 3.05) is 13.1 Å². The highest BCUT2D eigenvalue weighted by atomic mass is 16.1. The fraction of sp³-hybridized carbons (Fsp3) is 0.762.